The number of nitrogens with zero attached hydrogens (tertiary/aromatic N) is 1. The number of carbonyl (C=O) groups excluding carboxylic acids is 1. The van der Waals surface area contributed by atoms with Crippen LogP contribution in [0.25, 0.3) is 0 Å². The molecule has 0 fully saturated rings. The molecule has 0 heterocycles. The lowest BCUT2D eigenvalue weighted by Gasteiger charge is -2.26. The third kappa shape index (κ3) is 23.4. The van der Waals surface area contributed by atoms with Crippen LogP contribution in [0.5, 0.6) is 0 Å². The van der Waals surface area contributed by atoms with E-state index in [1.165, 1.54) is 6.92 Å². The minimum absolute atomic E-state index is 0.0157. The molecule has 3 unspecified atom stereocenters. The summed E-state index contributed by atoms with van der Waals surface area (Å²) in [5.41, 5.74) is 0. The lowest BCUT2D eigenvalue weighted by atomic mass is 10.0. The van der Waals surface area contributed by atoms with Gasteiger partial charge in [0.15, 0.2) is 7.98 Å². The molecule has 0 aliphatic carbocycles. The number of ether oxygens (including phenoxy) is 6. The summed E-state index contributed by atoms with van der Waals surface area (Å²) < 4.78 is 32.3. The molecule has 0 aromatic rings. The summed E-state index contributed by atoms with van der Waals surface area (Å²) in [5.74, 6) is 0.115. The molecule has 0 aliphatic heterocycles. The molecule has 12 nitrogen and oxygen atoms in total. The van der Waals surface area contributed by atoms with Crippen molar-refractivity contribution in [3.8, 4) is 0 Å². The molecule has 208 valence electrons. The Morgan fingerprint density at radius 3 is 1.51 bits per heavy atom. The summed E-state index contributed by atoms with van der Waals surface area (Å²) in [7, 11) is 1.78. The molecular formula is C22H46BNO11. The fourth-order valence-electron chi connectivity index (χ4n) is 2.72. The molecule has 0 aromatic heterocycles. The Kier molecular flexibility index (Phi) is 24.5. The summed E-state index contributed by atoms with van der Waals surface area (Å²) in [4.78, 5) is 12.5. The zero-order chi connectivity index (χ0) is 26.2. The number of aliphatic hydroxyl groups excluding tert-OH is 4. The molecule has 0 radical (unpaired) electrons. The molecule has 0 amide bonds. The number of hydrogen-bond acceptors (Lipinski definition) is 12. The summed E-state index contributed by atoms with van der Waals surface area (Å²) in [6.07, 6.45) is -3.13. The molecular weight excluding hydrogens is 465 g/mol. The van der Waals surface area contributed by atoms with Crippen molar-refractivity contribution < 1.29 is 53.6 Å². The number of rotatable bonds is 27. The Hall–Kier alpha value is -0.705. The normalized spacial score (nSPS) is 14.3. The Bertz CT molecular complexity index is 479. The first-order valence-corrected chi connectivity index (χ1v) is 12.2. The van der Waals surface area contributed by atoms with Crippen molar-refractivity contribution >= 4 is 13.8 Å². The molecule has 0 saturated heterocycles. The highest BCUT2D eigenvalue weighted by Crippen LogP contribution is 2.05. The molecule has 0 aliphatic rings. The Morgan fingerprint density at radius 2 is 1.11 bits per heavy atom. The molecule has 0 saturated carbocycles. The van der Waals surface area contributed by atoms with Crippen molar-refractivity contribution in [1.82, 2.24) is 4.81 Å². The van der Waals surface area contributed by atoms with Gasteiger partial charge in [-0.2, -0.15) is 0 Å². The van der Waals surface area contributed by atoms with Crippen LogP contribution in [0.4, 0.5) is 0 Å². The van der Waals surface area contributed by atoms with Crippen LogP contribution in [-0.2, 0) is 33.2 Å². The van der Waals surface area contributed by atoms with E-state index in [1.54, 1.807) is 12.8 Å². The van der Waals surface area contributed by atoms with Gasteiger partial charge in [-0.05, 0) is 13.3 Å². The van der Waals surface area contributed by atoms with Gasteiger partial charge in [-0.3, -0.25) is 4.79 Å². The van der Waals surface area contributed by atoms with Crippen LogP contribution in [0.1, 0.15) is 19.8 Å². The van der Waals surface area contributed by atoms with Gasteiger partial charge < -0.3 is 53.7 Å². The maximum Gasteiger partial charge on any atom is 0.185 e. The highest BCUT2D eigenvalue weighted by Gasteiger charge is 2.24. The molecule has 3 atom stereocenters. The SMILES string of the molecule is BN(CCOCCOCCOCCOCCOCCOCCC(C)=O)CC(O)C(O)C(O)CCO. The van der Waals surface area contributed by atoms with Gasteiger partial charge in [-0.15, -0.1) is 0 Å². The highest BCUT2D eigenvalue weighted by molar-refractivity contribution is 6.04. The fraction of sp³-hybridized carbons (Fsp3) is 0.955. The fourth-order valence-corrected chi connectivity index (χ4v) is 2.72. The van der Waals surface area contributed by atoms with E-state index in [0.717, 1.165) is 0 Å². The smallest absolute Gasteiger partial charge is 0.185 e. The molecule has 13 heteroatoms. The monoisotopic (exact) mass is 511 g/mol. The van der Waals surface area contributed by atoms with Crippen LogP contribution >= 0.6 is 0 Å². The van der Waals surface area contributed by atoms with E-state index in [2.05, 4.69) is 0 Å². The van der Waals surface area contributed by atoms with E-state index in [1.807, 2.05) is 0 Å². The topological polar surface area (TPSA) is 157 Å². The summed E-state index contributed by atoms with van der Waals surface area (Å²) in [6.45, 7) is 7.49. The molecule has 0 bridgehead atoms. The number of hydrogen-bond donors (Lipinski definition) is 4. The molecule has 0 aromatic carbocycles. The second-order valence-electron chi connectivity index (χ2n) is 8.03. The molecule has 4 N–H and O–H groups in total. The standard InChI is InChI=1S/C22H46BNO11/c1-19(26)3-6-30-8-10-32-12-14-34-16-17-35-15-13-33-11-9-31-7-4-24(23)18-21(28)22(29)20(27)2-5-25/h20-22,25,27-29H,2-18,23H2,1H3. The van der Waals surface area contributed by atoms with Crippen molar-refractivity contribution in [1.29, 1.82) is 0 Å². The lowest BCUT2D eigenvalue weighted by Crippen LogP contribution is -2.45. The van der Waals surface area contributed by atoms with Gasteiger partial charge in [0, 0.05) is 26.1 Å². The zero-order valence-electron chi connectivity index (χ0n) is 21.3. The Morgan fingerprint density at radius 1 is 0.714 bits per heavy atom. The van der Waals surface area contributed by atoms with E-state index in [-0.39, 0.29) is 25.4 Å². The summed E-state index contributed by atoms with van der Waals surface area (Å²) in [6, 6.07) is 0. The molecule has 0 spiro atoms. The minimum Gasteiger partial charge on any atom is -0.396 e. The first-order valence-electron chi connectivity index (χ1n) is 12.2. The van der Waals surface area contributed by atoms with Gasteiger partial charge in [0.1, 0.15) is 11.9 Å². The van der Waals surface area contributed by atoms with E-state index in [0.29, 0.717) is 92.2 Å². The van der Waals surface area contributed by atoms with E-state index in [9.17, 15) is 20.1 Å². The first kappa shape index (κ1) is 34.3. The largest absolute Gasteiger partial charge is 0.396 e. The average Bonchev–Trinajstić information content (AvgIpc) is 2.82. The van der Waals surface area contributed by atoms with Gasteiger partial charge >= 0.3 is 0 Å². The maximum atomic E-state index is 10.7. The van der Waals surface area contributed by atoms with Crippen LogP contribution < -0.4 is 0 Å². The van der Waals surface area contributed by atoms with Gasteiger partial charge in [0.25, 0.3) is 0 Å². The second-order valence-corrected chi connectivity index (χ2v) is 8.03. The average molecular weight is 511 g/mol. The van der Waals surface area contributed by atoms with E-state index in [4.69, 9.17) is 33.5 Å². The van der Waals surface area contributed by atoms with Crippen LogP contribution in [0.3, 0.4) is 0 Å². The highest BCUT2D eigenvalue weighted by atomic mass is 16.6. The number of Topliss-reactive ketones (excluding diaryl/α,β-unsaturated/α-hetero) is 1. The van der Waals surface area contributed by atoms with Crippen molar-refractivity contribution in [2.24, 2.45) is 0 Å². The summed E-state index contributed by atoms with van der Waals surface area (Å²) >= 11 is 0. The first-order chi connectivity index (χ1) is 16.9. The predicted molar refractivity (Wildman–Crippen MR) is 130 cm³/mol. The lowest BCUT2D eigenvalue weighted by molar-refractivity contribution is -0.118. The maximum absolute atomic E-state index is 10.7. The number of carbonyl (C=O) groups is 1. The van der Waals surface area contributed by atoms with Crippen LogP contribution in [0, 0.1) is 0 Å². The zero-order valence-corrected chi connectivity index (χ0v) is 21.3. The van der Waals surface area contributed by atoms with Gasteiger partial charge in [-0.1, -0.05) is 0 Å². The quantitative estimate of drug-likeness (QED) is 0.0674. The Labute approximate surface area is 209 Å². The number of aliphatic hydroxyl groups is 4. The van der Waals surface area contributed by atoms with Crippen molar-refractivity contribution in [3.05, 3.63) is 0 Å². The number of ketones is 1. The van der Waals surface area contributed by atoms with Crippen molar-refractivity contribution in [2.45, 2.75) is 38.1 Å². The van der Waals surface area contributed by atoms with Gasteiger partial charge in [0.2, 0.25) is 0 Å². The third-order valence-electron chi connectivity index (χ3n) is 4.79. The molecule has 35 heavy (non-hydrogen) atoms. The Balaban J connectivity index is 3.31. The van der Waals surface area contributed by atoms with E-state index < -0.39 is 18.3 Å². The minimum atomic E-state index is -1.30. The third-order valence-corrected chi connectivity index (χ3v) is 4.79. The molecule has 0 rings (SSSR count). The van der Waals surface area contributed by atoms with Crippen LogP contribution in [-0.4, -0.2) is 156 Å². The summed E-state index contributed by atoms with van der Waals surface area (Å²) in [5, 5.41) is 38.1. The van der Waals surface area contributed by atoms with Crippen molar-refractivity contribution in [2.75, 3.05) is 99.0 Å². The van der Waals surface area contributed by atoms with E-state index >= 15 is 0 Å². The predicted octanol–water partition coefficient (Wildman–Crippen LogP) is -2.62. The second kappa shape index (κ2) is 25.0. The van der Waals surface area contributed by atoms with Gasteiger partial charge in [0.05, 0.1) is 91.5 Å². The van der Waals surface area contributed by atoms with Crippen molar-refractivity contribution in [3.63, 3.8) is 0 Å². The van der Waals surface area contributed by atoms with Crippen LogP contribution in [0.15, 0.2) is 0 Å². The van der Waals surface area contributed by atoms with Gasteiger partial charge in [-0.25, -0.2) is 0 Å². The van der Waals surface area contributed by atoms with Crippen LogP contribution in [0.2, 0.25) is 0 Å².